The summed E-state index contributed by atoms with van der Waals surface area (Å²) in [5.41, 5.74) is 0. The maximum absolute atomic E-state index is 0. The van der Waals surface area contributed by atoms with Gasteiger partial charge in [0.05, 0.1) is 0 Å². The van der Waals surface area contributed by atoms with Crippen LogP contribution in [-0.4, -0.2) is 34.7 Å². The summed E-state index contributed by atoms with van der Waals surface area (Å²) >= 11 is 0. The first-order valence-electron chi connectivity index (χ1n) is 0. The van der Waals surface area contributed by atoms with E-state index in [2.05, 4.69) is 0 Å². The molecule has 11 heteroatoms. The van der Waals surface area contributed by atoms with E-state index in [1.165, 1.54) is 0 Å². The first-order valence-corrected chi connectivity index (χ1v) is 0. The summed E-state index contributed by atoms with van der Waals surface area (Å²) < 4.78 is 0. The van der Waals surface area contributed by atoms with Gasteiger partial charge in [-0.25, -0.2) is 0 Å². The van der Waals surface area contributed by atoms with Gasteiger partial charge < -0.3 is 38.3 Å². The van der Waals surface area contributed by atoms with Crippen LogP contribution in [0, 0.1) is 0 Å². The van der Waals surface area contributed by atoms with Crippen LogP contribution in [0.3, 0.4) is 0 Å². The summed E-state index contributed by atoms with van der Waals surface area (Å²) in [6.07, 6.45) is 0. The number of rotatable bonds is 0. The van der Waals surface area contributed by atoms with Crippen molar-refractivity contribution in [1.82, 2.24) is 0 Å². The van der Waals surface area contributed by atoms with Gasteiger partial charge in [0.15, 0.2) is 0 Å². The van der Waals surface area contributed by atoms with Crippen molar-refractivity contribution in [2.24, 2.45) is 0 Å². The molecule has 74 valence electrons. The van der Waals surface area contributed by atoms with Gasteiger partial charge in [0, 0.05) is 40.2 Å². The van der Waals surface area contributed by atoms with Crippen molar-refractivity contribution in [2.75, 3.05) is 0 Å². The fourth-order valence-corrected chi connectivity index (χ4v) is 0. The molecule has 0 N–H and O–H groups in total. The van der Waals surface area contributed by atoms with E-state index < -0.39 is 0 Å². The van der Waals surface area contributed by atoms with Gasteiger partial charge in [-0.3, -0.25) is 0 Å². The molecule has 0 aromatic carbocycles. The Kier molecular flexibility index (Phi) is 13700. The molecule has 0 aliphatic heterocycles. The maximum Gasteiger partial charge on any atom is 3.00 e. The third kappa shape index (κ3) is 283. The van der Waals surface area contributed by atoms with Crippen LogP contribution in [-0.2, 0) is 78.5 Å². The summed E-state index contributed by atoms with van der Waals surface area (Å²) in [5.74, 6) is 0. The second-order valence-corrected chi connectivity index (χ2v) is 0. The summed E-state index contributed by atoms with van der Waals surface area (Å²) in [6.45, 7) is 0. The fraction of sp³-hybridized carbons (Fsp3) is 0. The van der Waals surface area contributed by atoms with Gasteiger partial charge in [-0.05, 0) is 0 Å². The van der Waals surface area contributed by atoms with Crippen molar-refractivity contribution in [2.45, 2.75) is 0 Å². The van der Waals surface area contributed by atoms with E-state index in [4.69, 9.17) is 0 Å². The van der Waals surface area contributed by atoms with E-state index >= 15 is 0 Å². The third-order valence-electron chi connectivity index (χ3n) is 0. The second-order valence-electron chi connectivity index (χ2n) is 0. The predicted octanol–water partition coefficient (Wildman–Crippen LogP) is -1.60. The molecule has 0 fully saturated rings. The Morgan fingerprint density at radius 3 is 0.273 bits per heavy atom. The van der Waals surface area contributed by atoms with E-state index in [1.54, 1.807) is 0 Å². The molecule has 7 nitrogen and oxygen atoms in total. The average Bonchev–Trinajstić information content (AvgIpc) is 0. The first kappa shape index (κ1) is 440. The quantitative estimate of drug-likeness (QED) is 0.313. The molecule has 2 radical (unpaired) electrons. The molecule has 0 aliphatic rings. The van der Waals surface area contributed by atoms with E-state index in [0.717, 1.165) is 0 Å². The van der Waals surface area contributed by atoms with Gasteiger partial charge in [-0.1, -0.05) is 0 Å². The largest absolute Gasteiger partial charge is 3.00 e. The van der Waals surface area contributed by atoms with Gasteiger partial charge in [-0.15, -0.1) is 0 Å². The normalized spacial score (nSPS) is 0. The van der Waals surface area contributed by atoms with E-state index in [0.29, 0.717) is 0 Å². The van der Waals surface area contributed by atoms with Crippen LogP contribution in [0.25, 0.3) is 0 Å². The van der Waals surface area contributed by atoms with Crippen molar-refractivity contribution < 1.29 is 78.5 Å². The van der Waals surface area contributed by atoms with Crippen LogP contribution in [0.1, 0.15) is 0 Å². The molecular weight excluding hydrogens is 550 g/mol. The van der Waals surface area contributed by atoms with Crippen LogP contribution in [0.2, 0.25) is 0 Å². The average molecular weight is 550 g/mol. The molecule has 0 heterocycles. The topological polar surface area (TPSA) is 200 Å². The summed E-state index contributed by atoms with van der Waals surface area (Å²) in [7, 11) is 0. The molecule has 0 saturated heterocycles. The SMILES string of the molecule is [Al+3].[Al+3].[Ir].[Ir].[O-2].[O-2].[O-2].[O-2].[O-2].[O-2].[O-2]. The third-order valence-corrected chi connectivity index (χ3v) is 0. The Morgan fingerprint density at radius 1 is 0.273 bits per heavy atom. The fourth-order valence-electron chi connectivity index (χ4n) is 0. The molecule has 0 aliphatic carbocycles. The molecule has 11 heavy (non-hydrogen) atoms. The molecule has 0 saturated carbocycles. The van der Waals surface area contributed by atoms with E-state index in [9.17, 15) is 0 Å². The second kappa shape index (κ2) is 342. The van der Waals surface area contributed by atoms with Gasteiger partial charge in [-0.2, -0.15) is 0 Å². The molecule has 0 aromatic rings. The zero-order valence-electron chi connectivity index (χ0n) is 4.68. The molecule has 0 unspecified atom stereocenters. The van der Waals surface area contributed by atoms with Crippen molar-refractivity contribution in [3.8, 4) is 0 Å². The number of hydrogen-bond donors (Lipinski definition) is 0. The predicted molar refractivity (Wildman–Crippen MR) is 16.3 cm³/mol. The van der Waals surface area contributed by atoms with Crippen molar-refractivity contribution in [1.29, 1.82) is 0 Å². The Morgan fingerprint density at radius 2 is 0.273 bits per heavy atom. The molecule has 0 aromatic heterocycles. The Balaban J connectivity index is 0. The summed E-state index contributed by atoms with van der Waals surface area (Å²) in [6, 6.07) is 0. The van der Waals surface area contributed by atoms with Crippen LogP contribution in [0.4, 0.5) is 0 Å². The molecule has 0 atom stereocenters. The van der Waals surface area contributed by atoms with Gasteiger partial charge in [0.1, 0.15) is 0 Å². The van der Waals surface area contributed by atoms with E-state index in [1.807, 2.05) is 0 Å². The first-order chi connectivity index (χ1) is 0. The molecule has 0 spiro atoms. The molecule has 0 amide bonds. The van der Waals surface area contributed by atoms with Crippen molar-refractivity contribution in [3.63, 3.8) is 0 Å². The zero-order valence-corrected chi connectivity index (χ0v) is 11.8. The smallest absolute Gasteiger partial charge is 2.00 e. The molecule has 0 rings (SSSR count). The maximum atomic E-state index is 0. The van der Waals surface area contributed by atoms with Crippen molar-refractivity contribution >= 4 is 34.7 Å². The molecule has 0 bridgehead atoms. The summed E-state index contributed by atoms with van der Waals surface area (Å²) in [4.78, 5) is 0. The Bertz CT molecular complexity index is 14.4. The minimum Gasteiger partial charge on any atom is -2.00 e. The van der Waals surface area contributed by atoms with Gasteiger partial charge in [0.25, 0.3) is 0 Å². The summed E-state index contributed by atoms with van der Waals surface area (Å²) in [5, 5.41) is 0. The van der Waals surface area contributed by atoms with Crippen LogP contribution < -0.4 is 0 Å². The monoisotopic (exact) mass is 552 g/mol. The van der Waals surface area contributed by atoms with Crippen LogP contribution in [0.15, 0.2) is 0 Å². The van der Waals surface area contributed by atoms with Crippen LogP contribution in [0.5, 0.6) is 0 Å². The zero-order chi connectivity index (χ0) is 0. The Hall–Kier alpha value is 2.08. The molecular formula is Al2Ir2O7-8. The van der Waals surface area contributed by atoms with Crippen LogP contribution >= 0.6 is 0 Å². The minimum absolute atomic E-state index is 0. The van der Waals surface area contributed by atoms with Crippen molar-refractivity contribution in [3.05, 3.63) is 0 Å². The van der Waals surface area contributed by atoms with E-state index in [-0.39, 0.29) is 113 Å². The minimum atomic E-state index is 0. The van der Waals surface area contributed by atoms with Gasteiger partial charge >= 0.3 is 34.7 Å². The Labute approximate surface area is 112 Å². The van der Waals surface area contributed by atoms with Gasteiger partial charge in [0.2, 0.25) is 0 Å². The standard InChI is InChI=1S/2Al.2Ir.7O/q2*+3;;;7*-2. The number of hydrogen-bond acceptors (Lipinski definition) is 0.